The van der Waals surface area contributed by atoms with E-state index in [1.807, 2.05) is 6.07 Å². The SMILES string of the molecule is COCCn1ncc(Cl)c1C(N)CSc1cccc(F)c1. The number of nitrogens with two attached hydrogens (primary N) is 1. The van der Waals surface area contributed by atoms with Crippen molar-refractivity contribution in [2.24, 2.45) is 5.73 Å². The summed E-state index contributed by atoms with van der Waals surface area (Å²) >= 11 is 7.64. The molecule has 114 valence electrons. The minimum absolute atomic E-state index is 0.253. The van der Waals surface area contributed by atoms with Gasteiger partial charge in [0.15, 0.2) is 0 Å². The first-order valence-corrected chi connectivity index (χ1v) is 7.82. The van der Waals surface area contributed by atoms with E-state index < -0.39 is 0 Å². The van der Waals surface area contributed by atoms with Gasteiger partial charge < -0.3 is 10.5 Å². The Morgan fingerprint density at radius 1 is 1.52 bits per heavy atom. The fourth-order valence-electron chi connectivity index (χ4n) is 1.92. The summed E-state index contributed by atoms with van der Waals surface area (Å²) in [5.74, 6) is 0.332. The summed E-state index contributed by atoms with van der Waals surface area (Å²) in [4.78, 5) is 0.838. The van der Waals surface area contributed by atoms with Crippen molar-refractivity contribution < 1.29 is 9.13 Å². The van der Waals surface area contributed by atoms with Gasteiger partial charge in [0.2, 0.25) is 0 Å². The molecule has 0 radical (unpaired) electrons. The van der Waals surface area contributed by atoms with Crippen LogP contribution in [-0.2, 0) is 11.3 Å². The maximum Gasteiger partial charge on any atom is 0.124 e. The topological polar surface area (TPSA) is 53.1 Å². The fraction of sp³-hybridized carbons (Fsp3) is 0.357. The number of benzene rings is 1. The summed E-state index contributed by atoms with van der Waals surface area (Å²) in [6, 6.07) is 6.15. The van der Waals surface area contributed by atoms with Crippen LogP contribution in [0.2, 0.25) is 5.02 Å². The predicted octanol–water partition coefficient (Wildman–Crippen LogP) is 3.11. The molecule has 0 spiro atoms. The molecule has 2 rings (SSSR count). The van der Waals surface area contributed by atoms with E-state index in [1.54, 1.807) is 24.1 Å². The summed E-state index contributed by atoms with van der Waals surface area (Å²) < 4.78 is 19.9. The van der Waals surface area contributed by atoms with Crippen molar-refractivity contribution in [3.63, 3.8) is 0 Å². The predicted molar refractivity (Wildman–Crippen MR) is 83.2 cm³/mol. The van der Waals surface area contributed by atoms with Crippen molar-refractivity contribution in [3.05, 3.63) is 47.0 Å². The first kappa shape index (κ1) is 16.3. The van der Waals surface area contributed by atoms with Gasteiger partial charge in [0, 0.05) is 17.8 Å². The quantitative estimate of drug-likeness (QED) is 0.793. The van der Waals surface area contributed by atoms with E-state index >= 15 is 0 Å². The highest BCUT2D eigenvalue weighted by Crippen LogP contribution is 2.27. The highest BCUT2D eigenvalue weighted by atomic mass is 35.5. The van der Waals surface area contributed by atoms with Gasteiger partial charge in [0.05, 0.1) is 36.1 Å². The molecule has 1 unspecified atom stereocenters. The Morgan fingerprint density at radius 2 is 2.33 bits per heavy atom. The molecule has 1 heterocycles. The van der Waals surface area contributed by atoms with Crippen molar-refractivity contribution >= 4 is 23.4 Å². The molecule has 0 aliphatic carbocycles. The van der Waals surface area contributed by atoms with Gasteiger partial charge in [-0.1, -0.05) is 17.7 Å². The zero-order valence-electron chi connectivity index (χ0n) is 11.6. The van der Waals surface area contributed by atoms with Crippen LogP contribution in [0.5, 0.6) is 0 Å². The smallest absolute Gasteiger partial charge is 0.124 e. The molecule has 21 heavy (non-hydrogen) atoms. The second kappa shape index (κ2) is 7.79. The maximum atomic E-state index is 13.1. The van der Waals surface area contributed by atoms with E-state index in [4.69, 9.17) is 22.1 Å². The summed E-state index contributed by atoms with van der Waals surface area (Å²) in [6.45, 7) is 1.13. The van der Waals surface area contributed by atoms with E-state index in [1.165, 1.54) is 23.9 Å². The number of halogens is 2. The van der Waals surface area contributed by atoms with Gasteiger partial charge in [-0.2, -0.15) is 5.10 Å². The van der Waals surface area contributed by atoms with E-state index in [9.17, 15) is 4.39 Å². The number of thioether (sulfide) groups is 1. The Hall–Kier alpha value is -1.08. The summed E-state index contributed by atoms with van der Waals surface area (Å²) in [5.41, 5.74) is 6.97. The molecule has 2 aromatic rings. The van der Waals surface area contributed by atoms with Gasteiger partial charge in [0.1, 0.15) is 5.82 Å². The largest absolute Gasteiger partial charge is 0.383 e. The minimum atomic E-state index is -0.287. The molecular formula is C14H17ClFN3OS. The Balaban J connectivity index is 2.02. The minimum Gasteiger partial charge on any atom is -0.383 e. The lowest BCUT2D eigenvalue weighted by Crippen LogP contribution is -2.20. The molecule has 1 aromatic carbocycles. The molecule has 0 aliphatic heterocycles. The number of rotatable bonds is 7. The van der Waals surface area contributed by atoms with E-state index in [0.717, 1.165) is 10.6 Å². The first-order valence-electron chi connectivity index (χ1n) is 6.46. The van der Waals surface area contributed by atoms with Crippen molar-refractivity contribution in [2.45, 2.75) is 17.5 Å². The molecule has 0 fully saturated rings. The Kier molecular flexibility index (Phi) is 6.05. The molecule has 1 aromatic heterocycles. The normalized spacial score (nSPS) is 12.6. The van der Waals surface area contributed by atoms with Crippen molar-refractivity contribution in [3.8, 4) is 0 Å². The number of methoxy groups -OCH3 is 1. The Bertz CT molecular complexity index is 593. The molecule has 0 bridgehead atoms. The van der Waals surface area contributed by atoms with Crippen LogP contribution in [0, 0.1) is 5.82 Å². The van der Waals surface area contributed by atoms with Gasteiger partial charge in [-0.25, -0.2) is 4.39 Å². The average molecular weight is 330 g/mol. The van der Waals surface area contributed by atoms with E-state index in [-0.39, 0.29) is 11.9 Å². The zero-order valence-corrected chi connectivity index (χ0v) is 13.2. The fourth-order valence-corrected chi connectivity index (χ4v) is 3.10. The van der Waals surface area contributed by atoms with Crippen molar-refractivity contribution in [1.29, 1.82) is 0 Å². The molecule has 0 saturated heterocycles. The highest BCUT2D eigenvalue weighted by molar-refractivity contribution is 7.99. The monoisotopic (exact) mass is 329 g/mol. The molecule has 0 aliphatic rings. The van der Waals surface area contributed by atoms with Crippen molar-refractivity contribution in [2.75, 3.05) is 19.5 Å². The van der Waals surface area contributed by atoms with Crippen LogP contribution in [0.15, 0.2) is 35.4 Å². The van der Waals surface area contributed by atoms with Crippen LogP contribution < -0.4 is 5.73 Å². The van der Waals surface area contributed by atoms with Crippen LogP contribution in [-0.4, -0.2) is 29.3 Å². The third-order valence-corrected chi connectivity index (χ3v) is 4.32. The van der Waals surface area contributed by atoms with Gasteiger partial charge in [-0.15, -0.1) is 11.8 Å². The molecule has 0 saturated carbocycles. The summed E-state index contributed by atoms with van der Waals surface area (Å²) in [5, 5.41) is 4.74. The molecule has 0 amide bonds. The van der Waals surface area contributed by atoms with E-state index in [2.05, 4.69) is 5.10 Å². The molecular weight excluding hydrogens is 313 g/mol. The first-order chi connectivity index (χ1) is 10.1. The zero-order chi connectivity index (χ0) is 15.2. The summed E-state index contributed by atoms with van der Waals surface area (Å²) in [6.07, 6.45) is 1.58. The number of hydrogen-bond donors (Lipinski definition) is 1. The molecule has 4 nitrogen and oxygen atoms in total. The number of hydrogen-bond acceptors (Lipinski definition) is 4. The van der Waals surface area contributed by atoms with Crippen LogP contribution in [0.4, 0.5) is 4.39 Å². The molecule has 1 atom stereocenters. The van der Waals surface area contributed by atoms with Crippen molar-refractivity contribution in [1.82, 2.24) is 9.78 Å². The average Bonchev–Trinajstić information content (AvgIpc) is 2.83. The standard InChI is InChI=1S/C14H17ClFN3OS/c1-20-6-5-19-14(12(15)8-18-19)13(17)9-21-11-4-2-3-10(16)7-11/h2-4,7-8,13H,5-6,9,17H2,1H3. The Morgan fingerprint density at radius 3 is 3.05 bits per heavy atom. The van der Waals surface area contributed by atoms with E-state index in [0.29, 0.717) is 23.9 Å². The molecule has 2 N–H and O–H groups in total. The van der Waals surface area contributed by atoms with Crippen LogP contribution in [0.3, 0.4) is 0 Å². The lowest BCUT2D eigenvalue weighted by atomic mass is 10.2. The third-order valence-electron chi connectivity index (χ3n) is 2.92. The lowest BCUT2D eigenvalue weighted by Gasteiger charge is -2.14. The number of nitrogens with zero attached hydrogens (tertiary/aromatic N) is 2. The number of ether oxygens (including phenoxy) is 1. The van der Waals surface area contributed by atoms with Gasteiger partial charge in [0.25, 0.3) is 0 Å². The Labute approximate surface area is 132 Å². The van der Waals surface area contributed by atoms with Gasteiger partial charge in [-0.05, 0) is 18.2 Å². The van der Waals surface area contributed by atoms with Gasteiger partial charge in [-0.3, -0.25) is 4.68 Å². The second-order valence-electron chi connectivity index (χ2n) is 4.47. The lowest BCUT2D eigenvalue weighted by molar-refractivity contribution is 0.182. The van der Waals surface area contributed by atoms with Crippen LogP contribution in [0.1, 0.15) is 11.7 Å². The third kappa shape index (κ3) is 4.44. The maximum absolute atomic E-state index is 13.1. The molecule has 7 heteroatoms. The van der Waals surface area contributed by atoms with Gasteiger partial charge >= 0.3 is 0 Å². The number of aromatic nitrogens is 2. The van der Waals surface area contributed by atoms with Crippen LogP contribution in [0.25, 0.3) is 0 Å². The highest BCUT2D eigenvalue weighted by Gasteiger charge is 2.17. The van der Waals surface area contributed by atoms with Crippen LogP contribution >= 0.6 is 23.4 Å². The second-order valence-corrected chi connectivity index (χ2v) is 5.97. The summed E-state index contributed by atoms with van der Waals surface area (Å²) in [7, 11) is 1.63.